The first kappa shape index (κ1) is 14.8. The van der Waals surface area contributed by atoms with Crippen LogP contribution in [0.3, 0.4) is 0 Å². The standard InChI is InChI=1S/C17H15BrO4/c1-19-14-5-2-12(3-6-14)11-22-16-10-13(18)4-7-15(16)17-20-8-9-21-17/h2-10,17H,11H2,1H3. The molecule has 0 amide bonds. The van der Waals surface area contributed by atoms with Gasteiger partial charge in [-0.3, -0.25) is 0 Å². The lowest BCUT2D eigenvalue weighted by Gasteiger charge is -2.16. The van der Waals surface area contributed by atoms with Gasteiger partial charge in [-0.1, -0.05) is 28.1 Å². The molecule has 0 atom stereocenters. The van der Waals surface area contributed by atoms with Crippen molar-refractivity contribution in [2.75, 3.05) is 7.11 Å². The Balaban J connectivity index is 1.74. The zero-order valence-electron chi connectivity index (χ0n) is 12.0. The van der Waals surface area contributed by atoms with E-state index < -0.39 is 6.29 Å². The minimum Gasteiger partial charge on any atom is -0.497 e. The summed E-state index contributed by atoms with van der Waals surface area (Å²) in [6.45, 7) is 0.452. The minimum atomic E-state index is -0.459. The second-order valence-electron chi connectivity index (χ2n) is 4.70. The highest BCUT2D eigenvalue weighted by Gasteiger charge is 2.20. The highest BCUT2D eigenvalue weighted by molar-refractivity contribution is 9.10. The quantitative estimate of drug-likeness (QED) is 0.781. The van der Waals surface area contributed by atoms with E-state index in [4.69, 9.17) is 18.9 Å². The van der Waals surface area contributed by atoms with Crippen molar-refractivity contribution < 1.29 is 18.9 Å². The third kappa shape index (κ3) is 3.36. The molecule has 0 radical (unpaired) electrons. The van der Waals surface area contributed by atoms with Crippen molar-refractivity contribution in [1.82, 2.24) is 0 Å². The largest absolute Gasteiger partial charge is 0.497 e. The normalized spacial score (nSPS) is 13.5. The topological polar surface area (TPSA) is 36.9 Å². The summed E-state index contributed by atoms with van der Waals surface area (Å²) in [6, 6.07) is 13.5. The van der Waals surface area contributed by atoms with Crippen LogP contribution in [0.25, 0.3) is 0 Å². The van der Waals surface area contributed by atoms with Gasteiger partial charge < -0.3 is 18.9 Å². The van der Waals surface area contributed by atoms with Gasteiger partial charge in [0.15, 0.2) is 0 Å². The van der Waals surface area contributed by atoms with Gasteiger partial charge >= 0.3 is 0 Å². The second-order valence-corrected chi connectivity index (χ2v) is 5.61. The Kier molecular flexibility index (Phi) is 4.53. The van der Waals surface area contributed by atoms with Crippen molar-refractivity contribution in [2.45, 2.75) is 12.9 Å². The molecule has 1 aliphatic heterocycles. The molecular weight excluding hydrogens is 348 g/mol. The lowest BCUT2D eigenvalue weighted by molar-refractivity contribution is -0.0265. The number of rotatable bonds is 5. The van der Waals surface area contributed by atoms with E-state index >= 15 is 0 Å². The van der Waals surface area contributed by atoms with Crippen LogP contribution in [-0.4, -0.2) is 7.11 Å². The molecule has 4 nitrogen and oxygen atoms in total. The van der Waals surface area contributed by atoms with Crippen molar-refractivity contribution in [3.05, 3.63) is 70.6 Å². The van der Waals surface area contributed by atoms with Gasteiger partial charge in [0.2, 0.25) is 0 Å². The predicted octanol–water partition coefficient (Wildman–Crippen LogP) is 4.55. The SMILES string of the molecule is COc1ccc(COc2cc(Br)ccc2C2OC=CO2)cc1. The summed E-state index contributed by atoms with van der Waals surface area (Å²) in [6.07, 6.45) is 2.60. The lowest BCUT2D eigenvalue weighted by atomic mass is 10.2. The van der Waals surface area contributed by atoms with Crippen LogP contribution in [0.2, 0.25) is 0 Å². The number of hydrogen-bond acceptors (Lipinski definition) is 4. The van der Waals surface area contributed by atoms with Crippen LogP contribution < -0.4 is 9.47 Å². The molecule has 5 heteroatoms. The molecule has 22 heavy (non-hydrogen) atoms. The molecular formula is C17H15BrO4. The van der Waals surface area contributed by atoms with E-state index in [1.807, 2.05) is 42.5 Å². The number of methoxy groups -OCH3 is 1. The summed E-state index contributed by atoms with van der Waals surface area (Å²) in [5, 5.41) is 0. The smallest absolute Gasteiger partial charge is 0.269 e. The highest BCUT2D eigenvalue weighted by atomic mass is 79.9. The number of halogens is 1. The van der Waals surface area contributed by atoms with Crippen molar-refractivity contribution in [3.63, 3.8) is 0 Å². The molecule has 2 aromatic carbocycles. The van der Waals surface area contributed by atoms with E-state index in [9.17, 15) is 0 Å². The molecule has 1 aliphatic rings. The first-order valence-electron chi connectivity index (χ1n) is 6.77. The fraction of sp³-hybridized carbons (Fsp3) is 0.176. The van der Waals surface area contributed by atoms with Crippen LogP contribution in [0, 0.1) is 0 Å². The van der Waals surface area contributed by atoms with Gasteiger partial charge in [0, 0.05) is 4.47 Å². The van der Waals surface area contributed by atoms with Gasteiger partial charge in [0.05, 0.1) is 12.7 Å². The Bertz CT molecular complexity index is 659. The van der Waals surface area contributed by atoms with Gasteiger partial charge in [0.1, 0.15) is 30.6 Å². The maximum Gasteiger partial charge on any atom is 0.269 e. The summed E-state index contributed by atoms with van der Waals surface area (Å²) in [7, 11) is 1.65. The molecule has 0 spiro atoms. The molecule has 0 fully saturated rings. The molecule has 0 aliphatic carbocycles. The van der Waals surface area contributed by atoms with E-state index in [0.717, 1.165) is 27.1 Å². The molecule has 3 rings (SSSR count). The molecule has 114 valence electrons. The van der Waals surface area contributed by atoms with E-state index in [1.165, 1.54) is 12.5 Å². The van der Waals surface area contributed by atoms with Crippen molar-refractivity contribution in [1.29, 1.82) is 0 Å². The molecule has 0 bridgehead atoms. The molecule has 0 saturated heterocycles. The van der Waals surface area contributed by atoms with Gasteiger partial charge in [-0.25, -0.2) is 0 Å². The summed E-state index contributed by atoms with van der Waals surface area (Å²) in [4.78, 5) is 0. The van der Waals surface area contributed by atoms with Gasteiger partial charge in [-0.2, -0.15) is 0 Å². The van der Waals surface area contributed by atoms with Gasteiger partial charge in [-0.05, 0) is 35.9 Å². The molecule has 0 saturated carbocycles. The van der Waals surface area contributed by atoms with Crippen LogP contribution in [0.1, 0.15) is 17.4 Å². The Labute approximate surface area is 137 Å². The Morgan fingerprint density at radius 1 is 1.05 bits per heavy atom. The van der Waals surface area contributed by atoms with Crippen molar-refractivity contribution >= 4 is 15.9 Å². The third-order valence-electron chi connectivity index (χ3n) is 3.24. The Morgan fingerprint density at radius 3 is 2.45 bits per heavy atom. The molecule has 2 aromatic rings. The van der Waals surface area contributed by atoms with Gasteiger partial charge in [-0.15, -0.1) is 0 Å². The molecule has 0 unspecified atom stereocenters. The summed E-state index contributed by atoms with van der Waals surface area (Å²) in [5.74, 6) is 1.55. The van der Waals surface area contributed by atoms with E-state index in [2.05, 4.69) is 15.9 Å². The first-order valence-corrected chi connectivity index (χ1v) is 7.56. The predicted molar refractivity (Wildman–Crippen MR) is 85.5 cm³/mol. The summed E-state index contributed by atoms with van der Waals surface area (Å²) < 4.78 is 22.8. The monoisotopic (exact) mass is 362 g/mol. The maximum atomic E-state index is 5.93. The summed E-state index contributed by atoms with van der Waals surface area (Å²) >= 11 is 3.46. The number of benzene rings is 2. The zero-order valence-corrected chi connectivity index (χ0v) is 13.6. The molecule has 0 aromatic heterocycles. The van der Waals surface area contributed by atoms with Gasteiger partial charge in [0.25, 0.3) is 6.29 Å². The van der Waals surface area contributed by atoms with Crippen molar-refractivity contribution in [3.8, 4) is 11.5 Å². The third-order valence-corrected chi connectivity index (χ3v) is 3.74. The maximum absolute atomic E-state index is 5.93. The first-order chi connectivity index (χ1) is 10.8. The average molecular weight is 363 g/mol. The fourth-order valence-electron chi connectivity index (χ4n) is 2.10. The van der Waals surface area contributed by atoms with Crippen LogP contribution in [0.4, 0.5) is 0 Å². The Morgan fingerprint density at radius 2 is 1.77 bits per heavy atom. The minimum absolute atomic E-state index is 0.452. The second kappa shape index (κ2) is 6.75. The zero-order chi connectivity index (χ0) is 15.4. The molecule has 1 heterocycles. The van der Waals surface area contributed by atoms with E-state index in [1.54, 1.807) is 7.11 Å². The summed E-state index contributed by atoms with van der Waals surface area (Å²) in [5.41, 5.74) is 1.90. The van der Waals surface area contributed by atoms with E-state index in [0.29, 0.717) is 6.61 Å². The Hall–Kier alpha value is -2.14. The fourth-order valence-corrected chi connectivity index (χ4v) is 2.44. The van der Waals surface area contributed by atoms with Crippen molar-refractivity contribution in [2.24, 2.45) is 0 Å². The van der Waals surface area contributed by atoms with Crippen LogP contribution in [0.5, 0.6) is 11.5 Å². The van der Waals surface area contributed by atoms with Crippen LogP contribution in [-0.2, 0) is 16.1 Å². The lowest BCUT2D eigenvalue weighted by Crippen LogP contribution is -2.04. The van der Waals surface area contributed by atoms with Crippen LogP contribution >= 0.6 is 15.9 Å². The number of hydrogen-bond donors (Lipinski definition) is 0. The average Bonchev–Trinajstić information content (AvgIpc) is 3.08. The van der Waals surface area contributed by atoms with Crippen LogP contribution in [0.15, 0.2) is 59.5 Å². The molecule has 0 N–H and O–H groups in total. The van der Waals surface area contributed by atoms with E-state index in [-0.39, 0.29) is 0 Å². The highest BCUT2D eigenvalue weighted by Crippen LogP contribution is 2.34. The number of ether oxygens (including phenoxy) is 4.